The maximum atomic E-state index is 12.2. The van der Waals surface area contributed by atoms with Crippen LogP contribution in [0.1, 0.15) is 31.4 Å². The molecule has 1 aromatic rings. The van der Waals surface area contributed by atoms with Crippen molar-refractivity contribution in [3.63, 3.8) is 0 Å². The molecule has 94 valence electrons. The van der Waals surface area contributed by atoms with E-state index in [4.69, 9.17) is 0 Å². The highest BCUT2D eigenvalue weighted by Gasteiger charge is 2.47. The van der Waals surface area contributed by atoms with Gasteiger partial charge in [-0.2, -0.15) is 5.26 Å². The number of nitriles is 1. The first-order chi connectivity index (χ1) is 8.39. The van der Waals surface area contributed by atoms with Crippen LogP contribution in [0.15, 0.2) is 18.2 Å². The Labute approximate surface area is 108 Å². The van der Waals surface area contributed by atoms with Crippen LogP contribution in [0.25, 0.3) is 0 Å². The fraction of sp³-hybridized carbons (Fsp3) is 0.467. The monoisotopic (exact) mass is 242 g/mol. The van der Waals surface area contributed by atoms with Crippen molar-refractivity contribution >= 4 is 11.6 Å². The number of hydrogen-bond donors (Lipinski definition) is 0. The summed E-state index contributed by atoms with van der Waals surface area (Å²) >= 11 is 0. The molecule has 0 N–H and O–H groups in total. The molecule has 1 heterocycles. The van der Waals surface area contributed by atoms with Gasteiger partial charge in [0.1, 0.15) is 0 Å². The van der Waals surface area contributed by atoms with E-state index in [1.165, 1.54) is 0 Å². The van der Waals surface area contributed by atoms with Gasteiger partial charge in [-0.1, -0.05) is 12.1 Å². The SMILES string of the molecule is Cc1cccc(N2C(=O)CC(C#N)C2(C)C)c1C. The van der Waals surface area contributed by atoms with Crippen molar-refractivity contribution < 1.29 is 4.79 Å². The lowest BCUT2D eigenvalue weighted by atomic mass is 9.89. The zero-order valence-electron chi connectivity index (χ0n) is 11.3. The van der Waals surface area contributed by atoms with Crippen LogP contribution < -0.4 is 4.90 Å². The van der Waals surface area contributed by atoms with Crippen molar-refractivity contribution in [2.24, 2.45) is 5.92 Å². The van der Waals surface area contributed by atoms with E-state index in [-0.39, 0.29) is 11.8 Å². The summed E-state index contributed by atoms with van der Waals surface area (Å²) in [5, 5.41) is 9.18. The number of nitrogens with zero attached hydrogens (tertiary/aromatic N) is 2. The molecule has 3 heteroatoms. The number of carbonyl (C=O) groups excluding carboxylic acids is 1. The van der Waals surface area contributed by atoms with Crippen molar-refractivity contribution in [3.05, 3.63) is 29.3 Å². The van der Waals surface area contributed by atoms with Gasteiger partial charge in [-0.15, -0.1) is 0 Å². The van der Waals surface area contributed by atoms with Crippen LogP contribution in [0.4, 0.5) is 5.69 Å². The average Bonchev–Trinajstić information content (AvgIpc) is 2.53. The van der Waals surface area contributed by atoms with Crippen molar-refractivity contribution in [1.82, 2.24) is 0 Å². The van der Waals surface area contributed by atoms with Gasteiger partial charge in [-0.25, -0.2) is 0 Å². The third-order valence-electron chi connectivity index (χ3n) is 4.03. The fourth-order valence-electron chi connectivity index (χ4n) is 2.62. The lowest BCUT2D eigenvalue weighted by Crippen LogP contribution is -2.44. The van der Waals surface area contributed by atoms with E-state index in [9.17, 15) is 10.1 Å². The predicted octanol–water partition coefficient (Wildman–Crippen LogP) is 2.96. The van der Waals surface area contributed by atoms with E-state index >= 15 is 0 Å². The maximum absolute atomic E-state index is 12.2. The molecule has 0 aliphatic carbocycles. The Morgan fingerprint density at radius 1 is 1.39 bits per heavy atom. The summed E-state index contributed by atoms with van der Waals surface area (Å²) in [6.45, 7) is 7.99. The normalized spacial score (nSPS) is 22.1. The lowest BCUT2D eigenvalue weighted by Gasteiger charge is -2.34. The van der Waals surface area contributed by atoms with E-state index < -0.39 is 5.54 Å². The molecule has 1 amide bonds. The highest BCUT2D eigenvalue weighted by atomic mass is 16.2. The van der Waals surface area contributed by atoms with Crippen molar-refractivity contribution in [3.8, 4) is 6.07 Å². The van der Waals surface area contributed by atoms with Crippen LogP contribution in [0, 0.1) is 31.1 Å². The summed E-state index contributed by atoms with van der Waals surface area (Å²) in [5.41, 5.74) is 2.77. The van der Waals surface area contributed by atoms with Gasteiger partial charge in [-0.05, 0) is 44.9 Å². The van der Waals surface area contributed by atoms with Crippen LogP contribution >= 0.6 is 0 Å². The van der Waals surface area contributed by atoms with Gasteiger partial charge < -0.3 is 4.90 Å². The number of carbonyl (C=O) groups is 1. The van der Waals surface area contributed by atoms with Gasteiger partial charge in [0.2, 0.25) is 5.91 Å². The third-order valence-corrected chi connectivity index (χ3v) is 4.03. The maximum Gasteiger partial charge on any atom is 0.228 e. The van der Waals surface area contributed by atoms with Crippen LogP contribution in [-0.2, 0) is 4.79 Å². The number of aryl methyl sites for hydroxylation is 1. The minimum Gasteiger partial charge on any atom is -0.305 e. The molecule has 0 saturated carbocycles. The molecule has 0 radical (unpaired) electrons. The molecular formula is C15H18N2O. The third kappa shape index (κ3) is 1.69. The standard InChI is InChI=1S/C15H18N2O/c1-10-6-5-7-13(11(10)2)17-14(18)8-12(9-16)15(17,3)4/h5-7,12H,8H2,1-4H3. The van der Waals surface area contributed by atoms with Gasteiger partial charge >= 0.3 is 0 Å². The van der Waals surface area contributed by atoms with E-state index in [0.717, 1.165) is 16.8 Å². The first kappa shape index (κ1) is 12.6. The van der Waals surface area contributed by atoms with Crippen molar-refractivity contribution in [1.29, 1.82) is 5.26 Å². The van der Waals surface area contributed by atoms with E-state index in [1.807, 2.05) is 45.9 Å². The quantitative estimate of drug-likeness (QED) is 0.760. The highest BCUT2D eigenvalue weighted by molar-refractivity contribution is 5.98. The van der Waals surface area contributed by atoms with Crippen molar-refractivity contribution in [2.75, 3.05) is 4.90 Å². The molecule has 1 atom stereocenters. The number of hydrogen-bond acceptors (Lipinski definition) is 2. The van der Waals surface area contributed by atoms with E-state index in [1.54, 1.807) is 4.90 Å². The van der Waals surface area contributed by atoms with Gasteiger partial charge in [0.15, 0.2) is 0 Å². The van der Waals surface area contributed by atoms with Crippen LogP contribution in [0.5, 0.6) is 0 Å². The minimum atomic E-state index is -0.440. The highest BCUT2D eigenvalue weighted by Crippen LogP contribution is 2.40. The summed E-state index contributed by atoms with van der Waals surface area (Å²) in [4.78, 5) is 14.0. The van der Waals surface area contributed by atoms with Gasteiger partial charge in [0.25, 0.3) is 0 Å². The molecule has 1 aliphatic rings. The number of anilines is 1. The first-order valence-electron chi connectivity index (χ1n) is 6.18. The zero-order valence-corrected chi connectivity index (χ0v) is 11.3. The van der Waals surface area contributed by atoms with E-state index in [2.05, 4.69) is 6.07 Å². The second-order valence-corrected chi connectivity index (χ2v) is 5.49. The molecular weight excluding hydrogens is 224 g/mol. The Bertz CT molecular complexity index is 540. The molecule has 1 saturated heterocycles. The van der Waals surface area contributed by atoms with E-state index in [0.29, 0.717) is 6.42 Å². The fourth-order valence-corrected chi connectivity index (χ4v) is 2.62. The smallest absolute Gasteiger partial charge is 0.228 e. The molecule has 1 fully saturated rings. The Balaban J connectivity index is 2.54. The summed E-state index contributed by atoms with van der Waals surface area (Å²) in [7, 11) is 0. The van der Waals surface area contributed by atoms with Gasteiger partial charge in [-0.3, -0.25) is 4.79 Å². The number of rotatable bonds is 1. The second kappa shape index (κ2) is 4.13. The molecule has 0 bridgehead atoms. The lowest BCUT2D eigenvalue weighted by molar-refractivity contribution is -0.117. The molecule has 1 aliphatic heterocycles. The summed E-state index contributed by atoms with van der Waals surface area (Å²) in [6.07, 6.45) is 0.316. The largest absolute Gasteiger partial charge is 0.305 e. The molecule has 1 aromatic carbocycles. The summed E-state index contributed by atoms with van der Waals surface area (Å²) in [5.74, 6) is -0.204. The molecule has 2 rings (SSSR count). The Morgan fingerprint density at radius 3 is 2.61 bits per heavy atom. The topological polar surface area (TPSA) is 44.1 Å². The zero-order chi connectivity index (χ0) is 13.5. The number of benzene rings is 1. The van der Waals surface area contributed by atoms with Crippen LogP contribution in [0.3, 0.4) is 0 Å². The molecule has 0 aromatic heterocycles. The predicted molar refractivity (Wildman–Crippen MR) is 71.2 cm³/mol. The first-order valence-corrected chi connectivity index (χ1v) is 6.18. The van der Waals surface area contributed by atoms with Crippen molar-refractivity contribution in [2.45, 2.75) is 39.7 Å². The van der Waals surface area contributed by atoms with Crippen LogP contribution in [0.2, 0.25) is 0 Å². The summed E-state index contributed by atoms with van der Waals surface area (Å²) in [6, 6.07) is 8.21. The Kier molecular flexibility index (Phi) is 2.90. The summed E-state index contributed by atoms with van der Waals surface area (Å²) < 4.78 is 0. The van der Waals surface area contributed by atoms with Gasteiger partial charge in [0.05, 0.1) is 17.5 Å². The molecule has 3 nitrogen and oxygen atoms in total. The average molecular weight is 242 g/mol. The van der Waals surface area contributed by atoms with Gasteiger partial charge in [0, 0.05) is 12.1 Å². The minimum absolute atomic E-state index is 0.0419. The Morgan fingerprint density at radius 2 is 2.06 bits per heavy atom. The number of amides is 1. The Hall–Kier alpha value is -1.82. The second-order valence-electron chi connectivity index (χ2n) is 5.49. The van der Waals surface area contributed by atoms with Crippen LogP contribution in [-0.4, -0.2) is 11.4 Å². The molecule has 0 spiro atoms. The molecule has 1 unspecified atom stereocenters. The molecule has 18 heavy (non-hydrogen) atoms.